The summed E-state index contributed by atoms with van der Waals surface area (Å²) in [6.07, 6.45) is 6.37. The number of benzene rings is 1. The number of hydrogen-bond acceptors (Lipinski definition) is 7. The van der Waals surface area contributed by atoms with E-state index in [1.165, 1.54) is 12.8 Å². The Morgan fingerprint density at radius 3 is 2.83 bits per heavy atom. The average Bonchev–Trinajstić information content (AvgIpc) is 3.47. The number of nitrogens with zero attached hydrogens (tertiary/aromatic N) is 6. The fraction of sp³-hybridized carbons (Fsp3) is 0.531. The number of ether oxygens (including phenoxy) is 1. The second kappa shape index (κ2) is 10.6. The first-order valence-corrected chi connectivity index (χ1v) is 14.7. The number of carbonyl (C=O) groups is 1. The Bertz CT molecular complexity index is 1500. The molecule has 9 nitrogen and oxygen atoms in total. The number of aryl methyl sites for hydroxylation is 1. The number of fused-ring (bicyclic) bond motifs is 1. The van der Waals surface area contributed by atoms with Crippen molar-refractivity contribution in [1.29, 1.82) is 5.26 Å². The highest BCUT2D eigenvalue weighted by molar-refractivity contribution is 6.03. The van der Waals surface area contributed by atoms with Gasteiger partial charge >= 0.3 is 0 Å². The molecule has 0 unspecified atom stereocenters. The molecule has 2 aliphatic heterocycles. The number of nitriles is 1. The van der Waals surface area contributed by atoms with Crippen LogP contribution in [-0.2, 0) is 30.8 Å². The number of aromatic nitrogens is 4. The van der Waals surface area contributed by atoms with Gasteiger partial charge in [0, 0.05) is 54.6 Å². The van der Waals surface area contributed by atoms with E-state index in [4.69, 9.17) is 9.72 Å². The first-order chi connectivity index (χ1) is 19.7. The highest BCUT2D eigenvalue weighted by Gasteiger charge is 2.46. The molecule has 41 heavy (non-hydrogen) atoms. The van der Waals surface area contributed by atoms with E-state index in [2.05, 4.69) is 53.3 Å². The largest absolute Gasteiger partial charge is 0.490 e. The number of anilines is 1. The molecule has 1 atom stereocenters. The normalized spacial score (nSPS) is 25.0. The first kappa shape index (κ1) is 27.4. The minimum Gasteiger partial charge on any atom is -0.490 e. The van der Waals surface area contributed by atoms with Crippen molar-refractivity contribution in [2.24, 2.45) is 18.9 Å². The molecule has 1 amide bonds. The summed E-state index contributed by atoms with van der Waals surface area (Å²) < 4.78 is 8.08. The SMILES string of the molecule is C[C@H]1CCCN(Cc2cc(C(=O)Nc3cccc(C4(Cc5nncn5C)CC(C#N)C4)c3)nc3c2OCC3(C)C)C1. The Labute approximate surface area is 241 Å². The molecule has 3 aliphatic rings. The molecule has 214 valence electrons. The smallest absolute Gasteiger partial charge is 0.274 e. The second-order valence-corrected chi connectivity index (χ2v) is 13.1. The third kappa shape index (κ3) is 5.33. The van der Waals surface area contributed by atoms with Crippen LogP contribution in [0.2, 0.25) is 0 Å². The Kier molecular flexibility index (Phi) is 7.06. The van der Waals surface area contributed by atoms with E-state index in [-0.39, 0.29) is 22.7 Å². The van der Waals surface area contributed by atoms with E-state index in [0.29, 0.717) is 24.6 Å². The number of carbonyl (C=O) groups excluding carboxylic acids is 1. The van der Waals surface area contributed by atoms with E-state index in [1.807, 2.05) is 35.9 Å². The van der Waals surface area contributed by atoms with Gasteiger partial charge in [0.25, 0.3) is 5.91 Å². The number of nitrogens with one attached hydrogen (secondary N) is 1. The number of pyridine rings is 1. The molecule has 1 aromatic carbocycles. The zero-order valence-electron chi connectivity index (χ0n) is 24.5. The maximum absolute atomic E-state index is 13.7. The Balaban J connectivity index is 1.26. The van der Waals surface area contributed by atoms with Crippen molar-refractivity contribution in [2.75, 3.05) is 25.0 Å². The first-order valence-electron chi connectivity index (χ1n) is 14.7. The summed E-state index contributed by atoms with van der Waals surface area (Å²) in [5.74, 6) is 2.19. The van der Waals surface area contributed by atoms with Crippen LogP contribution in [0.15, 0.2) is 36.7 Å². The maximum atomic E-state index is 13.7. The van der Waals surface area contributed by atoms with E-state index >= 15 is 0 Å². The zero-order valence-corrected chi connectivity index (χ0v) is 24.5. The van der Waals surface area contributed by atoms with Gasteiger partial charge < -0.3 is 14.6 Å². The topological polar surface area (TPSA) is 109 Å². The average molecular weight is 554 g/mol. The predicted octanol–water partition coefficient (Wildman–Crippen LogP) is 4.78. The lowest BCUT2D eigenvalue weighted by Gasteiger charge is -2.45. The van der Waals surface area contributed by atoms with Crippen LogP contribution in [0.5, 0.6) is 5.75 Å². The maximum Gasteiger partial charge on any atom is 0.274 e. The van der Waals surface area contributed by atoms with Gasteiger partial charge in [-0.05, 0) is 61.9 Å². The van der Waals surface area contributed by atoms with Crippen LogP contribution in [-0.4, -0.2) is 50.3 Å². The molecule has 4 heterocycles. The lowest BCUT2D eigenvalue weighted by molar-refractivity contribution is 0.102. The van der Waals surface area contributed by atoms with Crippen LogP contribution in [0.1, 0.15) is 79.6 Å². The molecule has 6 rings (SSSR count). The van der Waals surface area contributed by atoms with Crippen LogP contribution in [0.4, 0.5) is 5.69 Å². The van der Waals surface area contributed by atoms with E-state index < -0.39 is 0 Å². The molecule has 0 spiro atoms. The summed E-state index contributed by atoms with van der Waals surface area (Å²) in [6, 6.07) is 12.3. The number of likely N-dealkylation sites (tertiary alicyclic amines) is 1. The van der Waals surface area contributed by atoms with Crippen molar-refractivity contribution in [3.8, 4) is 11.8 Å². The summed E-state index contributed by atoms with van der Waals surface area (Å²) in [4.78, 5) is 21.0. The molecule has 1 N–H and O–H groups in total. The number of piperidine rings is 1. The molecular weight excluding hydrogens is 514 g/mol. The van der Waals surface area contributed by atoms with Crippen LogP contribution in [0.3, 0.4) is 0 Å². The third-order valence-corrected chi connectivity index (χ3v) is 9.13. The van der Waals surface area contributed by atoms with Gasteiger partial charge in [0.15, 0.2) is 0 Å². The lowest BCUT2D eigenvalue weighted by Crippen LogP contribution is -2.43. The molecule has 2 aromatic heterocycles. The molecule has 9 heteroatoms. The molecule has 1 saturated heterocycles. The van der Waals surface area contributed by atoms with E-state index in [0.717, 1.165) is 66.6 Å². The van der Waals surface area contributed by atoms with Crippen molar-refractivity contribution in [3.05, 3.63) is 65.0 Å². The quantitative estimate of drug-likeness (QED) is 0.449. The highest BCUT2D eigenvalue weighted by atomic mass is 16.5. The monoisotopic (exact) mass is 553 g/mol. The molecule has 0 bridgehead atoms. The molecule has 0 radical (unpaired) electrons. The van der Waals surface area contributed by atoms with Crippen molar-refractivity contribution < 1.29 is 9.53 Å². The summed E-state index contributed by atoms with van der Waals surface area (Å²) in [5.41, 5.74) is 3.65. The minimum atomic E-state index is -0.261. The molecular formula is C32H39N7O2. The van der Waals surface area contributed by atoms with Crippen molar-refractivity contribution >= 4 is 11.6 Å². The number of amides is 1. The van der Waals surface area contributed by atoms with Crippen molar-refractivity contribution in [2.45, 2.75) is 70.3 Å². The van der Waals surface area contributed by atoms with Crippen LogP contribution in [0.25, 0.3) is 0 Å². The van der Waals surface area contributed by atoms with Gasteiger partial charge in [-0.15, -0.1) is 10.2 Å². The van der Waals surface area contributed by atoms with Gasteiger partial charge in [-0.2, -0.15) is 5.26 Å². The summed E-state index contributed by atoms with van der Waals surface area (Å²) >= 11 is 0. The van der Waals surface area contributed by atoms with Gasteiger partial charge in [0.1, 0.15) is 23.6 Å². The van der Waals surface area contributed by atoms with Crippen LogP contribution < -0.4 is 10.1 Å². The minimum absolute atomic E-state index is 0.0176. The van der Waals surface area contributed by atoms with Gasteiger partial charge in [0.05, 0.1) is 18.4 Å². The Hall–Kier alpha value is -3.77. The molecule has 2 fully saturated rings. The van der Waals surface area contributed by atoms with Gasteiger partial charge in [-0.3, -0.25) is 9.69 Å². The van der Waals surface area contributed by atoms with E-state index in [9.17, 15) is 10.1 Å². The standard InChI is InChI=1S/C32H39N7O2/c1-21-7-6-10-39(17-21)18-23-11-26(36-29-28(23)41-19-31(29,2)3)30(40)35-25-9-5-8-24(12-25)32(13-22(14-32)16-33)15-27-37-34-20-38(27)4/h5,8-9,11-12,20-22H,6-7,10,13-15,17-19H2,1-4H3,(H,35,40)/t21-,22?,32?/m0/s1. The van der Waals surface area contributed by atoms with E-state index in [1.54, 1.807) is 6.33 Å². The second-order valence-electron chi connectivity index (χ2n) is 13.1. The molecule has 3 aromatic rings. The lowest BCUT2D eigenvalue weighted by atomic mass is 9.57. The van der Waals surface area contributed by atoms with Gasteiger partial charge in [-0.1, -0.05) is 32.9 Å². The van der Waals surface area contributed by atoms with Crippen LogP contribution in [0, 0.1) is 23.2 Å². The highest BCUT2D eigenvalue weighted by Crippen LogP contribution is 2.50. The van der Waals surface area contributed by atoms with Gasteiger partial charge in [0.2, 0.25) is 0 Å². The van der Waals surface area contributed by atoms with Crippen molar-refractivity contribution in [1.82, 2.24) is 24.6 Å². The fourth-order valence-corrected chi connectivity index (χ4v) is 6.78. The van der Waals surface area contributed by atoms with Crippen LogP contribution >= 0.6 is 0 Å². The van der Waals surface area contributed by atoms with Crippen molar-refractivity contribution in [3.63, 3.8) is 0 Å². The third-order valence-electron chi connectivity index (χ3n) is 9.13. The zero-order chi connectivity index (χ0) is 28.8. The fourth-order valence-electron chi connectivity index (χ4n) is 6.78. The molecule has 1 saturated carbocycles. The number of rotatable bonds is 7. The van der Waals surface area contributed by atoms with Gasteiger partial charge in [-0.25, -0.2) is 4.98 Å². The Morgan fingerprint density at radius 2 is 2.10 bits per heavy atom. The predicted molar refractivity (Wildman–Crippen MR) is 156 cm³/mol. The summed E-state index contributed by atoms with van der Waals surface area (Å²) in [5, 5.41) is 21.0. The Morgan fingerprint density at radius 1 is 1.27 bits per heavy atom. The number of hydrogen-bond donors (Lipinski definition) is 1. The molecule has 1 aliphatic carbocycles. The summed E-state index contributed by atoms with van der Waals surface area (Å²) in [7, 11) is 1.94. The summed E-state index contributed by atoms with van der Waals surface area (Å²) in [6.45, 7) is 9.96.